The average Bonchev–Trinajstić information content (AvgIpc) is 2.58. The summed E-state index contributed by atoms with van der Waals surface area (Å²) in [6.07, 6.45) is -4.60. The second kappa shape index (κ2) is 3.17. The number of hydrogen-bond donors (Lipinski definition) is 2. The number of hydrogen-bond acceptors (Lipinski definition) is 3. The van der Waals surface area contributed by atoms with Crippen LogP contribution in [0.2, 0.25) is 0 Å². The van der Waals surface area contributed by atoms with E-state index in [-0.39, 0.29) is 15.8 Å². The van der Waals surface area contributed by atoms with Crippen molar-refractivity contribution in [3.63, 3.8) is 0 Å². The lowest BCUT2D eigenvalue weighted by molar-refractivity contribution is -0.144. The zero-order chi connectivity index (χ0) is 12.1. The minimum atomic E-state index is -4.60. The van der Waals surface area contributed by atoms with Gasteiger partial charge in [0.15, 0.2) is 5.65 Å². The van der Waals surface area contributed by atoms with E-state index in [1.165, 1.54) is 7.05 Å². The average molecular weight is 250 g/mol. The third-order valence-electron chi connectivity index (χ3n) is 2.02. The first-order valence-corrected chi connectivity index (χ1v) is 4.48. The van der Waals surface area contributed by atoms with E-state index in [4.69, 9.17) is 12.2 Å². The van der Waals surface area contributed by atoms with E-state index in [9.17, 15) is 18.0 Å². The predicted molar refractivity (Wildman–Crippen MR) is 51.5 cm³/mol. The first-order valence-electron chi connectivity index (χ1n) is 4.07. The minimum Gasteiger partial charge on any atom is -0.331 e. The maximum atomic E-state index is 12.4. The van der Waals surface area contributed by atoms with Crippen LogP contribution in [0, 0.1) is 4.64 Å². The van der Waals surface area contributed by atoms with Crippen LogP contribution in [0.3, 0.4) is 0 Å². The van der Waals surface area contributed by atoms with Gasteiger partial charge >= 0.3 is 11.9 Å². The van der Waals surface area contributed by atoms with Gasteiger partial charge in [0.25, 0.3) is 0 Å². The Hall–Kier alpha value is -1.64. The van der Waals surface area contributed by atoms with Crippen molar-refractivity contribution in [1.82, 2.24) is 19.5 Å². The second-order valence-electron chi connectivity index (χ2n) is 3.10. The van der Waals surface area contributed by atoms with Gasteiger partial charge in [-0.15, -0.1) is 0 Å². The van der Waals surface area contributed by atoms with Crippen LogP contribution in [-0.2, 0) is 13.2 Å². The molecule has 0 unspecified atom stereocenters. The molecule has 0 aliphatic carbocycles. The Balaban J connectivity index is 2.91. The van der Waals surface area contributed by atoms with Crippen molar-refractivity contribution in [3.05, 3.63) is 20.9 Å². The number of alkyl halides is 3. The Kier molecular flexibility index (Phi) is 2.15. The molecule has 2 rings (SSSR count). The van der Waals surface area contributed by atoms with Gasteiger partial charge in [-0.2, -0.15) is 13.2 Å². The van der Waals surface area contributed by atoms with Crippen LogP contribution in [0.5, 0.6) is 0 Å². The summed E-state index contributed by atoms with van der Waals surface area (Å²) >= 11 is 4.73. The van der Waals surface area contributed by atoms with Crippen molar-refractivity contribution in [1.29, 1.82) is 0 Å². The van der Waals surface area contributed by atoms with E-state index in [1.807, 2.05) is 4.98 Å². The molecule has 0 fully saturated rings. The summed E-state index contributed by atoms with van der Waals surface area (Å²) < 4.78 is 38.0. The molecule has 2 aromatic heterocycles. The first kappa shape index (κ1) is 10.9. The lowest BCUT2D eigenvalue weighted by atomic mass is 10.5. The monoisotopic (exact) mass is 250 g/mol. The van der Waals surface area contributed by atoms with Gasteiger partial charge in [0, 0.05) is 7.05 Å². The molecular weight excluding hydrogens is 245 g/mol. The van der Waals surface area contributed by atoms with Gasteiger partial charge in [-0.25, -0.2) is 9.78 Å². The zero-order valence-electron chi connectivity index (χ0n) is 7.84. The van der Waals surface area contributed by atoms with E-state index in [0.29, 0.717) is 0 Å². The number of nitrogens with zero attached hydrogens (tertiary/aromatic N) is 2. The summed E-state index contributed by atoms with van der Waals surface area (Å²) in [6, 6.07) is 0. The smallest absolute Gasteiger partial charge is 0.331 e. The van der Waals surface area contributed by atoms with Crippen LogP contribution in [-0.4, -0.2) is 19.5 Å². The molecule has 5 nitrogen and oxygen atoms in total. The van der Waals surface area contributed by atoms with Crippen molar-refractivity contribution in [2.45, 2.75) is 6.18 Å². The number of nitrogens with one attached hydrogen (secondary N) is 2. The van der Waals surface area contributed by atoms with Gasteiger partial charge in [0.1, 0.15) is 10.2 Å². The number of imidazole rings is 1. The number of aromatic amines is 2. The summed E-state index contributed by atoms with van der Waals surface area (Å²) in [6.45, 7) is 0. The SMILES string of the molecule is Cn1c(=O)[nH]c(=S)c2[nH]c(C(F)(F)F)nc21. The van der Waals surface area contributed by atoms with Crippen LogP contribution in [0.4, 0.5) is 13.2 Å². The quantitative estimate of drug-likeness (QED) is 0.693. The highest BCUT2D eigenvalue weighted by atomic mass is 32.1. The van der Waals surface area contributed by atoms with Crippen LogP contribution < -0.4 is 5.69 Å². The lowest BCUT2D eigenvalue weighted by Gasteiger charge is -1.98. The molecule has 0 bridgehead atoms. The van der Waals surface area contributed by atoms with E-state index >= 15 is 0 Å². The van der Waals surface area contributed by atoms with Crippen molar-refractivity contribution in [2.24, 2.45) is 7.05 Å². The molecular formula is C7H5F3N4OS. The summed E-state index contributed by atoms with van der Waals surface area (Å²) in [5.74, 6) is -1.18. The third-order valence-corrected chi connectivity index (χ3v) is 2.33. The van der Waals surface area contributed by atoms with E-state index in [1.54, 1.807) is 0 Å². The van der Waals surface area contributed by atoms with Crippen molar-refractivity contribution >= 4 is 23.4 Å². The van der Waals surface area contributed by atoms with Gasteiger partial charge in [-0.3, -0.25) is 9.55 Å². The molecule has 9 heteroatoms. The Morgan fingerprint density at radius 3 is 2.56 bits per heavy atom. The van der Waals surface area contributed by atoms with Crippen molar-refractivity contribution in [2.75, 3.05) is 0 Å². The normalized spacial score (nSPS) is 12.2. The molecule has 86 valence electrons. The molecule has 0 saturated heterocycles. The molecule has 0 amide bonds. The lowest BCUT2D eigenvalue weighted by Crippen LogP contribution is -2.20. The maximum absolute atomic E-state index is 12.4. The predicted octanol–water partition coefficient (Wildman–Crippen LogP) is 1.34. The van der Waals surface area contributed by atoms with Gasteiger partial charge in [-0.05, 0) is 0 Å². The maximum Gasteiger partial charge on any atom is 0.449 e. The fourth-order valence-corrected chi connectivity index (χ4v) is 1.47. The highest BCUT2D eigenvalue weighted by Crippen LogP contribution is 2.27. The number of aromatic nitrogens is 4. The van der Waals surface area contributed by atoms with Gasteiger partial charge in [0.05, 0.1) is 0 Å². The molecule has 2 aromatic rings. The van der Waals surface area contributed by atoms with Gasteiger partial charge < -0.3 is 4.98 Å². The van der Waals surface area contributed by atoms with Crippen molar-refractivity contribution < 1.29 is 13.2 Å². The Labute approximate surface area is 90.9 Å². The minimum absolute atomic E-state index is 0.00979. The standard InChI is InChI=1S/C7H5F3N4OS/c1-14-3-2(4(16)13-6(14)15)11-5(12-3)7(8,9)10/h1H3,(H,11,12)(H,13,15,16). The highest BCUT2D eigenvalue weighted by molar-refractivity contribution is 7.71. The number of rotatable bonds is 0. The Morgan fingerprint density at radius 1 is 1.38 bits per heavy atom. The number of fused-ring (bicyclic) bond motifs is 1. The van der Waals surface area contributed by atoms with E-state index in [0.717, 1.165) is 4.57 Å². The Morgan fingerprint density at radius 2 is 2.00 bits per heavy atom. The van der Waals surface area contributed by atoms with Crippen molar-refractivity contribution in [3.8, 4) is 0 Å². The van der Waals surface area contributed by atoms with Gasteiger partial charge in [-0.1, -0.05) is 12.2 Å². The van der Waals surface area contributed by atoms with Crippen LogP contribution in [0.1, 0.15) is 5.82 Å². The number of halogens is 3. The molecule has 16 heavy (non-hydrogen) atoms. The Bertz CT molecular complexity index is 665. The largest absolute Gasteiger partial charge is 0.449 e. The van der Waals surface area contributed by atoms with E-state index < -0.39 is 17.7 Å². The summed E-state index contributed by atoms with van der Waals surface area (Å²) in [4.78, 5) is 18.8. The summed E-state index contributed by atoms with van der Waals surface area (Å²) in [7, 11) is 1.30. The fraction of sp³-hybridized carbons (Fsp3) is 0.286. The molecule has 0 atom stereocenters. The summed E-state index contributed by atoms with van der Waals surface area (Å²) in [5, 5.41) is 0. The molecule has 0 saturated carbocycles. The van der Waals surface area contributed by atoms with Crippen LogP contribution in [0.25, 0.3) is 11.2 Å². The van der Waals surface area contributed by atoms with Crippen LogP contribution >= 0.6 is 12.2 Å². The zero-order valence-corrected chi connectivity index (χ0v) is 8.66. The number of aryl methyl sites for hydroxylation is 1. The number of H-pyrrole nitrogens is 2. The van der Waals surface area contributed by atoms with Gasteiger partial charge in [0.2, 0.25) is 5.82 Å². The molecule has 0 radical (unpaired) electrons. The topological polar surface area (TPSA) is 66.5 Å². The first-order chi connectivity index (χ1) is 7.30. The molecule has 2 N–H and O–H groups in total. The molecule has 0 aliphatic heterocycles. The third kappa shape index (κ3) is 1.52. The molecule has 0 aliphatic rings. The van der Waals surface area contributed by atoms with Crippen LogP contribution in [0.15, 0.2) is 4.79 Å². The van der Waals surface area contributed by atoms with E-state index in [2.05, 4.69) is 9.97 Å². The highest BCUT2D eigenvalue weighted by Gasteiger charge is 2.35. The molecule has 0 aromatic carbocycles. The second-order valence-corrected chi connectivity index (χ2v) is 3.51. The summed E-state index contributed by atoms with van der Waals surface area (Å²) in [5.41, 5.74) is -0.747. The fourth-order valence-electron chi connectivity index (χ4n) is 1.24. The molecule has 0 spiro atoms. The molecule has 2 heterocycles.